The van der Waals surface area contributed by atoms with Crippen LogP contribution in [0.1, 0.15) is 218 Å². The number of rotatable bonds is 23. The summed E-state index contributed by atoms with van der Waals surface area (Å²) in [5.41, 5.74) is 10.0. The van der Waals surface area contributed by atoms with E-state index in [9.17, 15) is 132 Å². The lowest BCUT2D eigenvalue weighted by Gasteiger charge is -2.52. The van der Waals surface area contributed by atoms with Crippen LogP contribution in [0, 0.1) is 46.6 Å². The summed E-state index contributed by atoms with van der Waals surface area (Å²) < 4.78 is 103. The molecule has 9 aliphatic heterocycles. The number of nitrogens with zero attached hydrogens (tertiary/aromatic N) is 2. The fraction of sp³-hybridized carbons (Fsp3) is 0.844. The minimum absolute atomic E-state index is 0.00719. The van der Waals surface area contributed by atoms with E-state index in [4.69, 9.17) is 122 Å². The molecule has 146 heavy (non-hydrogen) atoms. The number of epoxide rings is 1. The molecule has 8 saturated heterocycles. The molecule has 8 fully saturated rings. The van der Waals surface area contributed by atoms with Crippen LogP contribution in [0.3, 0.4) is 0 Å². The number of halogens is 3. The second-order valence-electron chi connectivity index (χ2n) is 41.7. The zero-order valence-electron chi connectivity index (χ0n) is 84.3. The summed E-state index contributed by atoms with van der Waals surface area (Å²) >= 11 is 19.1. The number of aliphatic hydroxyl groups excluding tert-OH is 19. The molecular formula is C96H154Cl3N5O42. The molecule has 21 unspecified atom stereocenters. The molecular weight excluding hydrogens is 2000 g/mol. The maximum absolute atomic E-state index is 14.3. The Morgan fingerprint density at radius 3 is 1.77 bits per heavy atom. The first-order chi connectivity index (χ1) is 68.3. The van der Waals surface area contributed by atoms with E-state index in [1.807, 2.05) is 0 Å². The smallest absolute Gasteiger partial charge is 0.404 e. The van der Waals surface area contributed by atoms with Gasteiger partial charge in [-0.1, -0.05) is 89.3 Å². The highest BCUT2D eigenvalue weighted by Crippen LogP contribution is 2.47. The quantitative estimate of drug-likeness (QED) is 0.0259. The number of fused-ring (bicyclic) bond motifs is 3. The Morgan fingerprint density at radius 2 is 1.14 bits per heavy atom. The number of hydrogen-bond acceptors (Lipinski definition) is 43. The van der Waals surface area contributed by atoms with E-state index in [1.165, 1.54) is 73.1 Å². The molecule has 1 amide bonds. The van der Waals surface area contributed by atoms with E-state index in [2.05, 4.69) is 5.32 Å². The average Bonchev–Trinajstić information content (AvgIpc) is 0.999. The SMILES string of the molecule is CC1CCC(O)CC(O)CC(O)C/C=C/C(=O)OC(C(C)C(O)C(C)C(O)C(C)C(C)O[C@H]2C[C@@H](OC(=O)c3cc[n+]([O-])c(C(=O)O)c3N)[C@H](NC(=O)c3c(Cl)c(Cl)c(Cl)n3C)[C@@H](C)O2)C(C)C2OC2C(O)CCCC(O)C(C)C(O)CC(O)C(C)[C@@H]2C[C@H](O)[C@@H](O)[C@@](O)(CC1O[C@@H]1O[C@H](C)[C@@H](O[C@@H]3O[C@H](C)[C@@H](O)[C@H](O[C@H]4C[C@@H](O)[C@H](O)[C@@H](C)O4)[C@H]3O)[C@H](O[C@H]3C[C@@H](O)[C@H](N)[C@@H](C)O3)[C@H]1O[C@@H]1O[C@H](C)[C@@H](O)[C@H](O)[C@H]1O)O2. The van der Waals surface area contributed by atoms with E-state index < -0.39 is 383 Å². The van der Waals surface area contributed by atoms with Crippen LogP contribution in [0.2, 0.25) is 15.2 Å². The number of cyclic esters (lactones) is 1. The molecule has 47 nitrogen and oxygen atoms in total. The zero-order valence-corrected chi connectivity index (χ0v) is 86.6. The van der Waals surface area contributed by atoms with Gasteiger partial charge in [-0.25, -0.2) is 14.4 Å². The highest BCUT2D eigenvalue weighted by molar-refractivity contribution is 6.49. The van der Waals surface area contributed by atoms with Gasteiger partial charge in [0.05, 0.1) is 162 Å². The first-order valence-corrected chi connectivity index (χ1v) is 51.4. The minimum atomic E-state index is -2.87. The van der Waals surface area contributed by atoms with Gasteiger partial charge in [-0.2, -0.15) is 4.73 Å². The van der Waals surface area contributed by atoms with Gasteiger partial charge < -0.3 is 210 Å². The van der Waals surface area contributed by atoms with Crippen LogP contribution in [0.25, 0.3) is 0 Å². The Morgan fingerprint density at radius 1 is 0.548 bits per heavy atom. The molecule has 11 heterocycles. The van der Waals surface area contributed by atoms with E-state index in [0.29, 0.717) is 0 Å². The summed E-state index contributed by atoms with van der Waals surface area (Å²) in [6.45, 7) is 21.4. The number of hydrogen-bond donors (Lipinski definition) is 24. The van der Waals surface area contributed by atoms with Gasteiger partial charge in [-0.3, -0.25) is 4.79 Å². The predicted molar refractivity (Wildman–Crippen MR) is 507 cm³/mol. The monoisotopic (exact) mass is 2150 g/mol. The molecule has 11 rings (SSSR count). The first-order valence-electron chi connectivity index (χ1n) is 50.3. The van der Waals surface area contributed by atoms with Gasteiger partial charge >= 0.3 is 23.6 Å². The molecule has 2 bridgehead atoms. The van der Waals surface area contributed by atoms with Crippen molar-refractivity contribution in [2.45, 2.75) is 462 Å². The number of aromatic nitrogens is 2. The van der Waals surface area contributed by atoms with Gasteiger partial charge in [0.25, 0.3) is 5.91 Å². The number of carboxylic acid groups (broad SMARTS) is 1. The molecule has 2 aromatic rings. The average molecular weight is 2160 g/mol. The lowest BCUT2D eigenvalue weighted by molar-refractivity contribution is -0.607. The highest BCUT2D eigenvalue weighted by Gasteiger charge is 2.60. The standard InChI is InChI=1S/C96H154Cl3N5O42/c1-34-22-23-49(106)27-50(107)26-48(105)18-16-21-62(115)140-81(39(6)74(117)38(5)73(116)35(2)41(8)131-65-32-60(138-92(128)51-24-25-104(130)72(69(51)101)91(126)127)70(43(10)133-65)102-90(125)71-66(97)67(98)89(99)103(71)15)40(7)82-84(143-82)53(109)20-17-19-52(108)36(3)54(110)28-55(111)37(4)59-29-58(114)88(124)96(129,146-59)33-61(34)139-95-87(145-93-79(122)78(121)76(119)45(12)135-93)86(142-63-30-56(112)68(100)42(9)132-63)83(47(14)137-95)144-94-80(123)85(77(120)46(13)136-94)141-64-31-57(113)75(118)44(11)134-64/h16,21,24-25,34-50,52-61,63-65,68,70,73-88,93-95,105-114,116-124,129H,17-20,22-23,26-33,100-101H2,1-15H3,(H,102,125)(H,126,127)/b21-16+/t34?,35?,36?,37?,38?,39?,40?,41?,42-,43-,44-,45-,46-,47-,48?,49?,50?,52?,53?,54?,55?,56-,57-,58+,59+,60-,61?,63+,64+,65-,68-,70-,73?,74?,75-,76-,77-,78+,79-,80-,81?,82?,83-,84?,85+,86+,87-,88-,93+,94+,95+,96-/m1/s1. The van der Waals surface area contributed by atoms with E-state index in [-0.39, 0.29) is 89.8 Å². The molecule has 0 aliphatic carbocycles. The van der Waals surface area contributed by atoms with Gasteiger partial charge in [0.2, 0.25) is 0 Å². The lowest BCUT2D eigenvalue weighted by atomic mass is 9.77. The Labute approximate surface area is 860 Å². The van der Waals surface area contributed by atoms with Crippen molar-refractivity contribution in [1.82, 2.24) is 9.88 Å². The second kappa shape index (κ2) is 52.1. The van der Waals surface area contributed by atoms with E-state index >= 15 is 0 Å². The number of anilines is 1. The number of pyridine rings is 1. The van der Waals surface area contributed by atoms with E-state index in [1.54, 1.807) is 41.5 Å². The highest BCUT2D eigenvalue weighted by atomic mass is 35.5. The summed E-state index contributed by atoms with van der Waals surface area (Å²) in [6.07, 6.45) is -62.4. The number of nitrogens with two attached hydrogens (primary N) is 2. The molecule has 9 aliphatic rings. The van der Waals surface area contributed by atoms with Crippen LogP contribution < -0.4 is 21.5 Å². The van der Waals surface area contributed by atoms with Crippen molar-refractivity contribution in [3.05, 3.63) is 61.8 Å². The van der Waals surface area contributed by atoms with Crippen molar-refractivity contribution in [2.24, 2.45) is 54.2 Å². The normalized spacial score (nSPS) is 44.3. The fourth-order valence-electron chi connectivity index (χ4n) is 20.9. The zero-order chi connectivity index (χ0) is 108. The maximum atomic E-state index is 14.3. The molecule has 0 radical (unpaired) electrons. The number of carbonyl (C=O) groups is 4. The third-order valence-corrected chi connectivity index (χ3v) is 32.3. The Bertz CT molecular complexity index is 4520. The number of nitrogen functional groups attached to an aromatic ring is 1. The topological polar surface area (TPSA) is 740 Å². The summed E-state index contributed by atoms with van der Waals surface area (Å²) in [5, 5.41) is 259. The van der Waals surface area contributed by atoms with Crippen molar-refractivity contribution < 1.29 is 207 Å². The van der Waals surface area contributed by atoms with Gasteiger partial charge in [-0.05, 0) is 112 Å². The van der Waals surface area contributed by atoms with Crippen LogP contribution in [0.15, 0.2) is 24.4 Å². The third kappa shape index (κ3) is 28.9. The Balaban J connectivity index is 0.829. The van der Waals surface area contributed by atoms with Crippen LogP contribution in [-0.2, 0) is 87.6 Å². The lowest BCUT2D eigenvalue weighted by Crippen LogP contribution is -2.67. The molecule has 0 spiro atoms. The molecule has 26 N–H and O–H groups in total. The van der Waals surface area contributed by atoms with Crippen molar-refractivity contribution >= 4 is 64.3 Å². The first kappa shape index (κ1) is 121. The van der Waals surface area contributed by atoms with Gasteiger partial charge in [-0.15, -0.1) is 0 Å². The second-order valence-corrected chi connectivity index (χ2v) is 42.8. The van der Waals surface area contributed by atoms with Gasteiger partial charge in [0.1, 0.15) is 102 Å². The molecule has 0 saturated carbocycles. The van der Waals surface area contributed by atoms with Crippen molar-refractivity contribution in [3.8, 4) is 0 Å². The van der Waals surface area contributed by atoms with Crippen molar-refractivity contribution in [1.29, 1.82) is 0 Å². The summed E-state index contributed by atoms with van der Waals surface area (Å²) in [6, 6.07) is -1.23. The van der Waals surface area contributed by atoms with Crippen molar-refractivity contribution in [2.75, 3.05) is 5.73 Å². The summed E-state index contributed by atoms with van der Waals surface area (Å²) in [5.74, 6) is -14.6. The largest absolute Gasteiger partial charge is 0.618 e. The number of amides is 1. The predicted octanol–water partition coefficient (Wildman–Crippen LogP) is -1.54. The Kier molecular flexibility index (Phi) is 43.3. The number of carbonyl (C=O) groups excluding carboxylic acids is 3. The number of aromatic carboxylic acids is 1. The summed E-state index contributed by atoms with van der Waals surface area (Å²) in [4.78, 5) is 54.4. The van der Waals surface area contributed by atoms with Crippen LogP contribution >= 0.6 is 34.8 Å². The number of carboxylic acids is 1. The number of ether oxygens (including phenoxy) is 16. The minimum Gasteiger partial charge on any atom is -0.618 e. The number of aliphatic hydroxyl groups is 20. The molecule has 52 atom stereocenters. The fourth-order valence-corrected chi connectivity index (χ4v) is 21.6. The van der Waals surface area contributed by atoms with Crippen molar-refractivity contribution in [3.63, 3.8) is 0 Å². The number of esters is 2. The molecule has 50 heteroatoms. The van der Waals surface area contributed by atoms with Crippen LogP contribution in [-0.4, -0.2) is 411 Å². The van der Waals surface area contributed by atoms with Crippen LogP contribution in [0.4, 0.5) is 5.69 Å². The third-order valence-electron chi connectivity index (χ3n) is 30.9. The van der Waals surface area contributed by atoms with Crippen LogP contribution in [0.5, 0.6) is 0 Å². The number of nitrogens with one attached hydrogen (secondary N) is 1. The maximum Gasteiger partial charge on any atom is 0.404 e. The summed E-state index contributed by atoms with van der Waals surface area (Å²) in [7, 11) is 1.42. The van der Waals surface area contributed by atoms with Gasteiger partial charge in [0, 0.05) is 86.8 Å². The molecule has 2 aromatic heterocycles. The van der Waals surface area contributed by atoms with Gasteiger partial charge in [0.15, 0.2) is 49.7 Å². The van der Waals surface area contributed by atoms with E-state index in [0.717, 1.165) is 18.3 Å². The Hall–Kier alpha value is -4.88. The molecule has 0 aromatic carbocycles. The molecule has 836 valence electrons.